The van der Waals surface area contributed by atoms with Crippen molar-refractivity contribution < 1.29 is 9.59 Å². The molecule has 1 aliphatic rings. The van der Waals surface area contributed by atoms with Gasteiger partial charge in [-0.25, -0.2) is 5.43 Å². The van der Waals surface area contributed by atoms with Crippen molar-refractivity contribution in [1.29, 1.82) is 0 Å². The van der Waals surface area contributed by atoms with Crippen molar-refractivity contribution in [2.24, 2.45) is 11.0 Å². The van der Waals surface area contributed by atoms with E-state index in [1.807, 2.05) is 73.7 Å². The molecule has 3 aromatic carbocycles. The molecule has 0 aromatic heterocycles. The van der Waals surface area contributed by atoms with Gasteiger partial charge < -0.3 is 5.32 Å². The van der Waals surface area contributed by atoms with Gasteiger partial charge in [-0.1, -0.05) is 54.6 Å². The molecule has 29 heavy (non-hydrogen) atoms. The van der Waals surface area contributed by atoms with Crippen LogP contribution in [-0.4, -0.2) is 17.5 Å². The normalized spacial score (nSPS) is 13.9. The molecule has 0 spiro atoms. The zero-order valence-corrected chi connectivity index (χ0v) is 16.3. The van der Waals surface area contributed by atoms with Crippen molar-refractivity contribution >= 4 is 34.0 Å². The van der Waals surface area contributed by atoms with E-state index >= 15 is 0 Å². The van der Waals surface area contributed by atoms with E-state index in [4.69, 9.17) is 0 Å². The van der Waals surface area contributed by atoms with Crippen LogP contribution in [0.2, 0.25) is 0 Å². The summed E-state index contributed by atoms with van der Waals surface area (Å²) in [4.78, 5) is 24.2. The maximum atomic E-state index is 12.4. The fraction of sp³-hybridized carbons (Fsp3) is 0.208. The van der Waals surface area contributed by atoms with E-state index in [-0.39, 0.29) is 24.2 Å². The molecule has 0 heterocycles. The van der Waals surface area contributed by atoms with Crippen LogP contribution < -0.4 is 10.7 Å². The van der Waals surface area contributed by atoms with E-state index in [1.165, 1.54) is 0 Å². The summed E-state index contributed by atoms with van der Waals surface area (Å²) >= 11 is 0. The number of amides is 2. The number of rotatable bonds is 6. The Labute approximate surface area is 169 Å². The smallest absolute Gasteiger partial charge is 0.244 e. The number of hydrazone groups is 1. The van der Waals surface area contributed by atoms with Gasteiger partial charge in [0.1, 0.15) is 0 Å². The lowest BCUT2D eigenvalue weighted by Crippen LogP contribution is -2.21. The summed E-state index contributed by atoms with van der Waals surface area (Å²) in [5.74, 6) is 0.104. The summed E-state index contributed by atoms with van der Waals surface area (Å²) in [6, 6.07) is 21.5. The first kappa shape index (κ1) is 18.9. The molecule has 1 fully saturated rings. The Hall–Kier alpha value is -3.47. The first-order chi connectivity index (χ1) is 14.1. The number of anilines is 1. The van der Waals surface area contributed by atoms with Crippen LogP contribution in [-0.2, 0) is 16.0 Å². The molecule has 4 rings (SSSR count). The molecule has 146 valence electrons. The topological polar surface area (TPSA) is 70.6 Å². The van der Waals surface area contributed by atoms with Crippen LogP contribution in [0.3, 0.4) is 0 Å². The maximum Gasteiger partial charge on any atom is 0.244 e. The molecule has 5 heteroatoms. The quantitative estimate of drug-likeness (QED) is 0.491. The third kappa shape index (κ3) is 4.69. The predicted octanol–water partition coefficient (Wildman–Crippen LogP) is 4.27. The fourth-order valence-corrected chi connectivity index (χ4v) is 3.25. The lowest BCUT2D eigenvalue weighted by molar-refractivity contribution is -0.120. The van der Waals surface area contributed by atoms with Gasteiger partial charge >= 0.3 is 0 Å². The highest BCUT2D eigenvalue weighted by molar-refractivity contribution is 6.00. The van der Waals surface area contributed by atoms with Crippen LogP contribution in [0.25, 0.3) is 10.8 Å². The van der Waals surface area contributed by atoms with E-state index < -0.39 is 0 Å². The monoisotopic (exact) mass is 385 g/mol. The Morgan fingerprint density at radius 1 is 0.966 bits per heavy atom. The second-order valence-electron chi connectivity index (χ2n) is 7.39. The first-order valence-electron chi connectivity index (χ1n) is 9.81. The molecule has 0 saturated heterocycles. The van der Waals surface area contributed by atoms with Crippen LogP contribution in [0.1, 0.15) is 30.9 Å². The molecular weight excluding hydrogens is 362 g/mol. The molecule has 3 aromatic rings. The summed E-state index contributed by atoms with van der Waals surface area (Å²) in [5, 5.41) is 9.34. The van der Waals surface area contributed by atoms with Gasteiger partial charge in [-0.05, 0) is 53.8 Å². The standard InChI is InChI=1S/C24H23N3O2/c1-16(17-11-13-21(14-12-17)25-24(29)19-9-10-19)26-27-23(28)15-20-7-4-6-18-5-2-3-8-22(18)20/h2-8,11-14,19H,9-10,15H2,1H3,(H,25,29)(H,27,28)/b26-16-. The summed E-state index contributed by atoms with van der Waals surface area (Å²) in [6.45, 7) is 1.84. The molecular formula is C24H23N3O2. The molecule has 2 N–H and O–H groups in total. The van der Waals surface area contributed by atoms with Gasteiger partial charge in [0.25, 0.3) is 0 Å². The molecule has 0 atom stereocenters. The number of nitrogens with one attached hydrogen (secondary N) is 2. The SMILES string of the molecule is C/C(=N/NC(=O)Cc1cccc2ccccc12)c1ccc(NC(=O)C2CC2)cc1. The van der Waals surface area contributed by atoms with Gasteiger partial charge in [-0.15, -0.1) is 0 Å². The number of hydrogen-bond acceptors (Lipinski definition) is 3. The number of fused-ring (bicyclic) bond motifs is 1. The van der Waals surface area contributed by atoms with Gasteiger partial charge in [0, 0.05) is 11.6 Å². The van der Waals surface area contributed by atoms with E-state index in [0.717, 1.165) is 40.4 Å². The fourth-order valence-electron chi connectivity index (χ4n) is 3.25. The van der Waals surface area contributed by atoms with E-state index in [9.17, 15) is 9.59 Å². The zero-order valence-electron chi connectivity index (χ0n) is 16.3. The molecule has 2 amide bonds. The van der Waals surface area contributed by atoms with Crippen molar-refractivity contribution in [3.05, 3.63) is 77.9 Å². The largest absolute Gasteiger partial charge is 0.326 e. The minimum atomic E-state index is -0.158. The zero-order chi connectivity index (χ0) is 20.2. The van der Waals surface area contributed by atoms with Crippen LogP contribution in [0.5, 0.6) is 0 Å². The number of carbonyl (C=O) groups excluding carboxylic acids is 2. The highest BCUT2D eigenvalue weighted by Crippen LogP contribution is 2.30. The van der Waals surface area contributed by atoms with Gasteiger partial charge in [-0.2, -0.15) is 5.10 Å². The van der Waals surface area contributed by atoms with Crippen LogP contribution in [0.4, 0.5) is 5.69 Å². The van der Waals surface area contributed by atoms with Gasteiger partial charge in [0.05, 0.1) is 12.1 Å². The second kappa shape index (κ2) is 8.27. The summed E-state index contributed by atoms with van der Waals surface area (Å²) in [7, 11) is 0. The molecule has 5 nitrogen and oxygen atoms in total. The Morgan fingerprint density at radius 3 is 2.45 bits per heavy atom. The molecule has 1 aliphatic carbocycles. The highest BCUT2D eigenvalue weighted by Gasteiger charge is 2.29. The molecule has 1 saturated carbocycles. The number of benzene rings is 3. The maximum absolute atomic E-state index is 12.4. The van der Waals surface area contributed by atoms with Crippen LogP contribution in [0.15, 0.2) is 71.8 Å². The van der Waals surface area contributed by atoms with Gasteiger partial charge in [0.2, 0.25) is 11.8 Å². The van der Waals surface area contributed by atoms with Gasteiger partial charge in [0.15, 0.2) is 0 Å². The highest BCUT2D eigenvalue weighted by atomic mass is 16.2. The summed E-state index contributed by atoms with van der Waals surface area (Å²) in [5.41, 5.74) is 5.99. The van der Waals surface area contributed by atoms with Gasteiger partial charge in [-0.3, -0.25) is 9.59 Å². The van der Waals surface area contributed by atoms with Crippen LogP contribution >= 0.6 is 0 Å². The van der Waals surface area contributed by atoms with E-state index in [0.29, 0.717) is 5.71 Å². The number of carbonyl (C=O) groups is 2. The Bertz CT molecular complexity index is 1080. The predicted molar refractivity (Wildman–Crippen MR) is 116 cm³/mol. The minimum Gasteiger partial charge on any atom is -0.326 e. The average Bonchev–Trinajstić information content (AvgIpc) is 3.58. The Morgan fingerprint density at radius 2 is 1.69 bits per heavy atom. The second-order valence-corrected chi connectivity index (χ2v) is 7.39. The average molecular weight is 385 g/mol. The van der Waals surface area contributed by atoms with Crippen LogP contribution in [0, 0.1) is 5.92 Å². The number of hydrogen-bond donors (Lipinski definition) is 2. The molecule has 0 aliphatic heterocycles. The minimum absolute atomic E-state index is 0.0869. The van der Waals surface area contributed by atoms with E-state index in [1.54, 1.807) is 0 Å². The molecule has 0 bridgehead atoms. The van der Waals surface area contributed by atoms with Crippen molar-refractivity contribution in [1.82, 2.24) is 5.43 Å². The number of nitrogens with zero attached hydrogens (tertiary/aromatic N) is 1. The lowest BCUT2D eigenvalue weighted by Gasteiger charge is -2.07. The van der Waals surface area contributed by atoms with Crippen molar-refractivity contribution in [3.8, 4) is 0 Å². The molecule has 0 radical (unpaired) electrons. The summed E-state index contributed by atoms with van der Waals surface area (Å²) in [6.07, 6.45) is 2.23. The lowest BCUT2D eigenvalue weighted by atomic mass is 10.0. The third-order valence-electron chi connectivity index (χ3n) is 5.10. The van der Waals surface area contributed by atoms with E-state index in [2.05, 4.69) is 15.8 Å². The van der Waals surface area contributed by atoms with Crippen molar-refractivity contribution in [2.75, 3.05) is 5.32 Å². The Kier molecular flexibility index (Phi) is 5.38. The van der Waals surface area contributed by atoms with Crippen molar-refractivity contribution in [3.63, 3.8) is 0 Å². The third-order valence-corrected chi connectivity index (χ3v) is 5.10. The Balaban J connectivity index is 1.37. The van der Waals surface area contributed by atoms with Crippen molar-refractivity contribution in [2.45, 2.75) is 26.2 Å². The first-order valence-corrected chi connectivity index (χ1v) is 9.81. The summed E-state index contributed by atoms with van der Waals surface area (Å²) < 4.78 is 0. The molecule has 0 unspecified atom stereocenters.